The summed E-state index contributed by atoms with van der Waals surface area (Å²) < 4.78 is 6.98. The topological polar surface area (TPSA) is 28.1 Å². The molecule has 6 rings (SSSR count). The van der Waals surface area contributed by atoms with Crippen LogP contribution in [0.4, 0.5) is 17.1 Å². The van der Waals surface area contributed by atoms with Gasteiger partial charge in [-0.05, 0) is 44.7 Å². The Morgan fingerprint density at radius 3 is 2.38 bits per heavy atom. The first-order valence-electron chi connectivity index (χ1n) is 11.5. The standard InChI is InChI=1S/C27H28ClN3O/c1-26(2)20-13-7-8-14-21(20)30(3)27(26)17-29-23-18-11-5-6-12-19(18)24(22(28)25(23)32-27)31-15-9-4-10-16-31/h5-8,11-14,17H,4,9-10,15-16H2,1-3H3. The highest BCUT2D eigenvalue weighted by molar-refractivity contribution is 6.38. The van der Waals surface area contributed by atoms with Crippen molar-refractivity contribution in [3.63, 3.8) is 0 Å². The van der Waals surface area contributed by atoms with Crippen LogP contribution < -0.4 is 14.5 Å². The lowest BCUT2D eigenvalue weighted by Crippen LogP contribution is -2.61. The molecule has 3 heterocycles. The van der Waals surface area contributed by atoms with E-state index in [1.807, 2.05) is 6.21 Å². The first-order chi connectivity index (χ1) is 15.5. The Morgan fingerprint density at radius 1 is 0.938 bits per heavy atom. The van der Waals surface area contributed by atoms with Crippen molar-refractivity contribution in [1.82, 2.24) is 0 Å². The highest BCUT2D eigenvalue weighted by atomic mass is 35.5. The number of hydrogen-bond donors (Lipinski definition) is 0. The molecule has 0 saturated carbocycles. The molecule has 32 heavy (non-hydrogen) atoms. The van der Waals surface area contributed by atoms with Gasteiger partial charge in [-0.2, -0.15) is 0 Å². The molecule has 3 aliphatic rings. The minimum atomic E-state index is -0.741. The summed E-state index contributed by atoms with van der Waals surface area (Å²) in [5.74, 6) is 0.696. The van der Waals surface area contributed by atoms with Crippen molar-refractivity contribution < 1.29 is 4.74 Å². The van der Waals surface area contributed by atoms with Crippen LogP contribution >= 0.6 is 11.6 Å². The highest BCUT2D eigenvalue weighted by Gasteiger charge is 2.59. The Hall–Kier alpha value is -2.72. The number of likely N-dealkylation sites (N-methyl/N-ethyl adjacent to an activating group) is 1. The monoisotopic (exact) mass is 445 g/mol. The first kappa shape index (κ1) is 19.9. The van der Waals surface area contributed by atoms with Gasteiger partial charge >= 0.3 is 0 Å². The van der Waals surface area contributed by atoms with E-state index in [9.17, 15) is 0 Å². The van der Waals surface area contributed by atoms with Crippen LogP contribution in [-0.4, -0.2) is 32.1 Å². The predicted molar refractivity (Wildman–Crippen MR) is 134 cm³/mol. The molecule has 3 aromatic carbocycles. The van der Waals surface area contributed by atoms with Gasteiger partial charge in [-0.15, -0.1) is 0 Å². The van der Waals surface area contributed by atoms with E-state index in [1.54, 1.807) is 0 Å². The van der Waals surface area contributed by atoms with Crippen molar-refractivity contribution in [1.29, 1.82) is 0 Å². The fourth-order valence-corrected chi connectivity index (χ4v) is 6.21. The first-order valence-corrected chi connectivity index (χ1v) is 11.9. The molecular weight excluding hydrogens is 418 g/mol. The molecule has 1 atom stereocenters. The molecule has 164 valence electrons. The number of hydrogen-bond acceptors (Lipinski definition) is 4. The van der Waals surface area contributed by atoms with Crippen molar-refractivity contribution in [2.24, 2.45) is 4.99 Å². The van der Waals surface area contributed by atoms with Crippen molar-refractivity contribution in [2.45, 2.75) is 44.2 Å². The molecule has 0 bridgehead atoms. The lowest BCUT2D eigenvalue weighted by atomic mass is 9.77. The van der Waals surface area contributed by atoms with Crippen LogP contribution in [0.25, 0.3) is 10.8 Å². The molecule has 0 aliphatic carbocycles. The summed E-state index contributed by atoms with van der Waals surface area (Å²) in [6.07, 6.45) is 5.64. The minimum absolute atomic E-state index is 0.306. The quantitative estimate of drug-likeness (QED) is 0.417. The maximum Gasteiger partial charge on any atom is 0.228 e. The van der Waals surface area contributed by atoms with E-state index in [2.05, 4.69) is 79.2 Å². The average Bonchev–Trinajstić information content (AvgIpc) is 2.98. The van der Waals surface area contributed by atoms with Crippen molar-refractivity contribution in [3.05, 3.63) is 59.1 Å². The lowest BCUT2D eigenvalue weighted by Gasteiger charge is -2.45. The van der Waals surface area contributed by atoms with Gasteiger partial charge in [-0.25, -0.2) is 0 Å². The van der Waals surface area contributed by atoms with E-state index in [4.69, 9.17) is 21.3 Å². The molecule has 1 unspecified atom stereocenters. The van der Waals surface area contributed by atoms with Gasteiger partial charge in [-0.1, -0.05) is 54.1 Å². The number of nitrogens with zero attached hydrogens (tertiary/aromatic N) is 3. The maximum atomic E-state index is 7.19. The van der Waals surface area contributed by atoms with Gasteiger partial charge in [0.1, 0.15) is 10.7 Å². The summed E-state index contributed by atoms with van der Waals surface area (Å²) in [6.45, 7) is 6.50. The number of anilines is 2. The minimum Gasteiger partial charge on any atom is -0.458 e. The molecule has 5 heteroatoms. The third-order valence-electron chi connectivity index (χ3n) is 7.69. The number of aliphatic imine (C=N–C) groups is 1. The largest absolute Gasteiger partial charge is 0.458 e. The zero-order valence-electron chi connectivity index (χ0n) is 18.9. The van der Waals surface area contributed by atoms with Crippen LogP contribution in [0.3, 0.4) is 0 Å². The summed E-state index contributed by atoms with van der Waals surface area (Å²) in [5, 5.41) is 2.92. The third-order valence-corrected chi connectivity index (χ3v) is 8.04. The summed E-state index contributed by atoms with van der Waals surface area (Å²) in [6, 6.07) is 17.0. The number of fused-ring (bicyclic) bond motifs is 4. The van der Waals surface area contributed by atoms with Crippen molar-refractivity contribution in [3.8, 4) is 5.75 Å². The molecule has 0 amide bonds. The van der Waals surface area contributed by atoms with Crippen LogP contribution in [0.5, 0.6) is 5.75 Å². The Labute approximate surface area is 194 Å². The van der Waals surface area contributed by atoms with Gasteiger partial charge < -0.3 is 14.5 Å². The van der Waals surface area contributed by atoms with Gasteiger partial charge in [-0.3, -0.25) is 4.99 Å². The SMILES string of the molecule is CN1c2ccccc2C(C)(C)C12C=Nc1c(c(Cl)c(N3CCCCC3)c3ccccc13)O2. The smallest absolute Gasteiger partial charge is 0.228 e. The summed E-state index contributed by atoms with van der Waals surface area (Å²) in [7, 11) is 2.09. The molecule has 3 aromatic rings. The molecule has 1 saturated heterocycles. The zero-order valence-corrected chi connectivity index (χ0v) is 19.6. The number of para-hydroxylation sites is 1. The van der Waals surface area contributed by atoms with E-state index < -0.39 is 5.72 Å². The molecule has 3 aliphatic heterocycles. The average molecular weight is 446 g/mol. The van der Waals surface area contributed by atoms with E-state index in [-0.39, 0.29) is 5.41 Å². The van der Waals surface area contributed by atoms with Crippen molar-refractivity contribution in [2.75, 3.05) is 29.9 Å². The summed E-state index contributed by atoms with van der Waals surface area (Å²) >= 11 is 7.19. The van der Waals surface area contributed by atoms with Gasteiger partial charge in [0, 0.05) is 36.6 Å². The Kier molecular flexibility index (Phi) is 4.29. The van der Waals surface area contributed by atoms with Gasteiger partial charge in [0.2, 0.25) is 5.72 Å². The van der Waals surface area contributed by atoms with Gasteiger partial charge in [0.05, 0.1) is 17.3 Å². The van der Waals surface area contributed by atoms with E-state index in [1.165, 1.54) is 30.5 Å². The van der Waals surface area contributed by atoms with E-state index in [0.717, 1.165) is 35.2 Å². The Morgan fingerprint density at radius 2 is 1.62 bits per heavy atom. The summed E-state index contributed by atoms with van der Waals surface area (Å²) in [5.41, 5.74) is 3.29. The second-order valence-corrected chi connectivity index (χ2v) is 10.1. The zero-order chi connectivity index (χ0) is 22.1. The number of ether oxygens (including phenoxy) is 1. The summed E-state index contributed by atoms with van der Waals surface area (Å²) in [4.78, 5) is 9.68. The second kappa shape index (κ2) is 6.89. The Balaban J connectivity index is 1.58. The molecule has 0 N–H and O–H groups in total. The van der Waals surface area contributed by atoms with E-state index >= 15 is 0 Å². The molecule has 1 spiro atoms. The second-order valence-electron chi connectivity index (χ2n) is 9.69. The number of benzene rings is 3. The van der Waals surface area contributed by atoms with Crippen molar-refractivity contribution >= 4 is 45.7 Å². The lowest BCUT2D eigenvalue weighted by molar-refractivity contribution is 0.0828. The van der Waals surface area contributed by atoms with E-state index in [0.29, 0.717) is 10.8 Å². The number of rotatable bonds is 1. The van der Waals surface area contributed by atoms with Crippen LogP contribution in [-0.2, 0) is 5.41 Å². The van der Waals surface area contributed by atoms with Crippen LogP contribution in [0.2, 0.25) is 5.02 Å². The Bertz CT molecular complexity index is 1260. The third kappa shape index (κ3) is 2.47. The van der Waals surface area contributed by atoms with Crippen LogP contribution in [0.15, 0.2) is 53.5 Å². The number of halogens is 1. The fourth-order valence-electron chi connectivity index (χ4n) is 5.86. The van der Waals surface area contributed by atoms with Crippen LogP contribution in [0, 0.1) is 0 Å². The number of piperidine rings is 1. The fraction of sp³-hybridized carbons (Fsp3) is 0.370. The molecular formula is C27H28ClN3O. The highest BCUT2D eigenvalue weighted by Crippen LogP contribution is 2.57. The normalized spacial score (nSPS) is 23.4. The molecule has 4 nitrogen and oxygen atoms in total. The molecule has 1 fully saturated rings. The molecule has 0 radical (unpaired) electrons. The predicted octanol–water partition coefficient (Wildman–Crippen LogP) is 6.70. The van der Waals surface area contributed by atoms with Crippen LogP contribution in [0.1, 0.15) is 38.7 Å². The maximum absolute atomic E-state index is 7.19. The van der Waals surface area contributed by atoms with Gasteiger partial charge in [0.25, 0.3) is 0 Å². The van der Waals surface area contributed by atoms with Gasteiger partial charge in [0.15, 0.2) is 5.75 Å². The molecule has 0 aromatic heterocycles.